The van der Waals surface area contributed by atoms with Crippen molar-refractivity contribution in [1.29, 1.82) is 0 Å². The lowest BCUT2D eigenvalue weighted by Crippen LogP contribution is -2.47. The van der Waals surface area contributed by atoms with Gasteiger partial charge in [-0.1, -0.05) is 12.2 Å². The van der Waals surface area contributed by atoms with Gasteiger partial charge >= 0.3 is 0 Å². The fourth-order valence-corrected chi connectivity index (χ4v) is 2.48. The second kappa shape index (κ2) is 6.38. The van der Waals surface area contributed by atoms with Gasteiger partial charge < -0.3 is 10.2 Å². The van der Waals surface area contributed by atoms with E-state index in [0.717, 1.165) is 12.6 Å². The van der Waals surface area contributed by atoms with E-state index in [1.807, 2.05) is 0 Å². The number of likely N-dealkylation sites (N-methyl/N-ethyl adjacent to an activating group) is 1. The Bertz CT molecular complexity index is 219. The number of allylic oxidation sites excluding steroid dienone is 1. The van der Waals surface area contributed by atoms with Crippen LogP contribution in [-0.2, 0) is 0 Å². The fourth-order valence-electron chi connectivity index (χ4n) is 2.48. The van der Waals surface area contributed by atoms with Crippen LogP contribution in [0.3, 0.4) is 0 Å². The van der Waals surface area contributed by atoms with Crippen LogP contribution in [0.4, 0.5) is 0 Å². The van der Waals surface area contributed by atoms with Gasteiger partial charge in [-0.25, -0.2) is 0 Å². The highest BCUT2D eigenvalue weighted by Crippen LogP contribution is 2.10. The van der Waals surface area contributed by atoms with Crippen molar-refractivity contribution in [3.8, 4) is 0 Å². The monoisotopic (exact) mass is 223 g/mol. The minimum absolute atomic E-state index is 0.734. The van der Waals surface area contributed by atoms with E-state index < -0.39 is 0 Å². The molecule has 3 nitrogen and oxygen atoms in total. The molecule has 1 fully saturated rings. The van der Waals surface area contributed by atoms with Crippen LogP contribution in [0, 0.1) is 0 Å². The molecule has 3 heteroatoms. The summed E-state index contributed by atoms with van der Waals surface area (Å²) in [5.41, 5.74) is 0. The Hall–Kier alpha value is -0.380. The molecule has 2 rings (SSSR count). The summed E-state index contributed by atoms with van der Waals surface area (Å²) < 4.78 is 0. The van der Waals surface area contributed by atoms with Crippen LogP contribution in [0.5, 0.6) is 0 Å². The number of rotatable bonds is 4. The molecule has 2 aliphatic rings. The van der Waals surface area contributed by atoms with Gasteiger partial charge in [0.15, 0.2) is 0 Å². The summed E-state index contributed by atoms with van der Waals surface area (Å²) in [7, 11) is 2.21. The van der Waals surface area contributed by atoms with Gasteiger partial charge in [0, 0.05) is 45.3 Å². The predicted molar refractivity (Wildman–Crippen MR) is 68.7 cm³/mol. The second-order valence-corrected chi connectivity index (χ2v) is 5.08. The smallest absolute Gasteiger partial charge is 0.0110 e. The number of piperazine rings is 1. The molecule has 1 aliphatic carbocycles. The highest BCUT2D eigenvalue weighted by Gasteiger charge is 2.14. The molecular formula is C13H25N3. The van der Waals surface area contributed by atoms with Crippen molar-refractivity contribution in [3.63, 3.8) is 0 Å². The summed E-state index contributed by atoms with van der Waals surface area (Å²) in [5, 5.41) is 3.67. The van der Waals surface area contributed by atoms with E-state index in [4.69, 9.17) is 0 Å². The van der Waals surface area contributed by atoms with Gasteiger partial charge in [-0.3, -0.25) is 4.90 Å². The van der Waals surface area contributed by atoms with Crippen LogP contribution in [-0.4, -0.2) is 62.2 Å². The van der Waals surface area contributed by atoms with Gasteiger partial charge in [-0.2, -0.15) is 0 Å². The van der Waals surface area contributed by atoms with Crippen molar-refractivity contribution in [3.05, 3.63) is 12.2 Å². The maximum Gasteiger partial charge on any atom is 0.0110 e. The molecular weight excluding hydrogens is 198 g/mol. The first-order valence-corrected chi connectivity index (χ1v) is 6.64. The Morgan fingerprint density at radius 2 is 2.00 bits per heavy atom. The molecule has 1 unspecified atom stereocenters. The Labute approximate surface area is 99.5 Å². The molecule has 1 heterocycles. The van der Waals surface area contributed by atoms with Crippen molar-refractivity contribution >= 4 is 0 Å². The molecule has 1 N–H and O–H groups in total. The van der Waals surface area contributed by atoms with Gasteiger partial charge in [0.2, 0.25) is 0 Å². The summed E-state index contributed by atoms with van der Waals surface area (Å²) in [6.07, 6.45) is 8.42. The van der Waals surface area contributed by atoms with Gasteiger partial charge in [-0.15, -0.1) is 0 Å². The Balaban J connectivity index is 1.55. The van der Waals surface area contributed by atoms with Crippen molar-refractivity contribution in [2.24, 2.45) is 0 Å². The molecule has 92 valence electrons. The zero-order chi connectivity index (χ0) is 11.2. The maximum absolute atomic E-state index is 3.67. The molecule has 0 saturated carbocycles. The summed E-state index contributed by atoms with van der Waals surface area (Å²) in [4.78, 5) is 4.99. The largest absolute Gasteiger partial charge is 0.312 e. The van der Waals surface area contributed by atoms with E-state index in [9.17, 15) is 0 Å². The molecule has 0 aromatic carbocycles. The Morgan fingerprint density at radius 3 is 2.69 bits per heavy atom. The molecule has 1 atom stereocenters. The van der Waals surface area contributed by atoms with E-state index in [-0.39, 0.29) is 0 Å². The highest BCUT2D eigenvalue weighted by molar-refractivity contribution is 4.92. The van der Waals surface area contributed by atoms with Crippen LogP contribution in [0.25, 0.3) is 0 Å². The van der Waals surface area contributed by atoms with E-state index in [1.54, 1.807) is 0 Å². The Morgan fingerprint density at radius 1 is 1.19 bits per heavy atom. The molecule has 0 aromatic heterocycles. The van der Waals surface area contributed by atoms with Gasteiger partial charge in [0.05, 0.1) is 0 Å². The van der Waals surface area contributed by atoms with Crippen LogP contribution in [0.1, 0.15) is 19.3 Å². The predicted octanol–water partition coefficient (Wildman–Crippen LogP) is 0.932. The molecule has 0 radical (unpaired) electrons. The summed E-state index contributed by atoms with van der Waals surface area (Å²) in [5.74, 6) is 0. The van der Waals surface area contributed by atoms with E-state index in [2.05, 4.69) is 34.3 Å². The Kier molecular flexibility index (Phi) is 4.82. The van der Waals surface area contributed by atoms with Crippen LogP contribution < -0.4 is 5.32 Å². The number of nitrogens with one attached hydrogen (secondary N) is 1. The number of hydrogen-bond donors (Lipinski definition) is 1. The lowest BCUT2D eigenvalue weighted by Gasteiger charge is -2.32. The third-order valence-electron chi connectivity index (χ3n) is 3.73. The number of nitrogens with zero attached hydrogens (tertiary/aromatic N) is 2. The molecule has 0 spiro atoms. The lowest BCUT2D eigenvalue weighted by atomic mass is 10.0. The van der Waals surface area contributed by atoms with E-state index >= 15 is 0 Å². The lowest BCUT2D eigenvalue weighted by molar-refractivity contribution is 0.153. The average molecular weight is 223 g/mol. The van der Waals surface area contributed by atoms with Crippen molar-refractivity contribution in [2.45, 2.75) is 25.3 Å². The number of hydrogen-bond acceptors (Lipinski definition) is 3. The fraction of sp³-hybridized carbons (Fsp3) is 0.846. The minimum atomic E-state index is 0.734. The molecule has 16 heavy (non-hydrogen) atoms. The zero-order valence-corrected chi connectivity index (χ0v) is 10.5. The topological polar surface area (TPSA) is 18.5 Å². The first-order chi connectivity index (χ1) is 7.84. The summed E-state index contributed by atoms with van der Waals surface area (Å²) >= 11 is 0. The average Bonchev–Trinajstić information content (AvgIpc) is 2.33. The molecule has 0 amide bonds. The highest BCUT2D eigenvalue weighted by atomic mass is 15.2. The van der Waals surface area contributed by atoms with E-state index in [0.29, 0.717) is 0 Å². The molecule has 1 saturated heterocycles. The van der Waals surface area contributed by atoms with Gasteiger partial charge in [-0.05, 0) is 26.3 Å². The molecule has 0 aromatic rings. The van der Waals surface area contributed by atoms with Crippen molar-refractivity contribution in [1.82, 2.24) is 15.1 Å². The van der Waals surface area contributed by atoms with Crippen LogP contribution >= 0.6 is 0 Å². The van der Waals surface area contributed by atoms with Crippen LogP contribution in [0.2, 0.25) is 0 Å². The first-order valence-electron chi connectivity index (χ1n) is 6.64. The zero-order valence-electron chi connectivity index (χ0n) is 10.5. The third kappa shape index (κ3) is 3.89. The standard InChI is InChI=1S/C13H25N3/c1-15-9-11-16(12-10-15)8-7-14-13-5-3-2-4-6-13/h2-3,13-14H,4-12H2,1H3. The maximum atomic E-state index is 3.67. The summed E-state index contributed by atoms with van der Waals surface area (Å²) in [6.45, 7) is 7.31. The molecule has 0 bridgehead atoms. The quantitative estimate of drug-likeness (QED) is 0.715. The third-order valence-corrected chi connectivity index (χ3v) is 3.73. The second-order valence-electron chi connectivity index (χ2n) is 5.08. The van der Waals surface area contributed by atoms with E-state index in [1.165, 1.54) is 52.0 Å². The van der Waals surface area contributed by atoms with Gasteiger partial charge in [0.1, 0.15) is 0 Å². The normalized spacial score (nSPS) is 28.4. The van der Waals surface area contributed by atoms with Crippen molar-refractivity contribution < 1.29 is 0 Å². The first kappa shape index (κ1) is 12.1. The van der Waals surface area contributed by atoms with Gasteiger partial charge in [0.25, 0.3) is 0 Å². The summed E-state index contributed by atoms with van der Waals surface area (Å²) in [6, 6.07) is 0.734. The van der Waals surface area contributed by atoms with Crippen molar-refractivity contribution in [2.75, 3.05) is 46.3 Å². The molecule has 1 aliphatic heterocycles. The SMILES string of the molecule is CN1CCN(CCNC2CC=CCC2)CC1. The van der Waals surface area contributed by atoms with Crippen LogP contribution in [0.15, 0.2) is 12.2 Å². The minimum Gasteiger partial charge on any atom is -0.312 e.